The van der Waals surface area contributed by atoms with E-state index in [0.29, 0.717) is 12.1 Å². The summed E-state index contributed by atoms with van der Waals surface area (Å²) in [4.78, 5) is 46.6. The van der Waals surface area contributed by atoms with Crippen molar-refractivity contribution in [3.8, 4) is 0 Å². The van der Waals surface area contributed by atoms with Crippen LogP contribution in [0.2, 0.25) is 0 Å². The summed E-state index contributed by atoms with van der Waals surface area (Å²) in [6.07, 6.45) is 0.667. The van der Waals surface area contributed by atoms with Gasteiger partial charge in [0.15, 0.2) is 6.61 Å². The zero-order valence-corrected chi connectivity index (χ0v) is 15.0. The highest BCUT2D eigenvalue weighted by molar-refractivity contribution is 7.07. The molecule has 0 radical (unpaired) electrons. The molecule has 8 nitrogen and oxygen atoms in total. The van der Waals surface area contributed by atoms with E-state index in [1.807, 2.05) is 6.92 Å². The molecule has 9 heteroatoms. The fourth-order valence-corrected chi connectivity index (χ4v) is 2.66. The smallest absolute Gasteiger partial charge is 0.328 e. The Labute approximate surface area is 143 Å². The van der Waals surface area contributed by atoms with Gasteiger partial charge in [0.2, 0.25) is 0 Å². The van der Waals surface area contributed by atoms with Gasteiger partial charge in [-0.1, -0.05) is 31.6 Å². The van der Waals surface area contributed by atoms with Crippen molar-refractivity contribution in [3.63, 3.8) is 0 Å². The topological polar surface area (TPSA) is 104 Å². The summed E-state index contributed by atoms with van der Waals surface area (Å²) in [5.41, 5.74) is 0.647. The lowest BCUT2D eigenvalue weighted by molar-refractivity contribution is -0.151. The predicted molar refractivity (Wildman–Crippen MR) is 87.7 cm³/mol. The minimum atomic E-state index is -0.798. The van der Waals surface area contributed by atoms with Crippen molar-refractivity contribution < 1.29 is 23.9 Å². The maximum Gasteiger partial charge on any atom is 0.328 e. The van der Waals surface area contributed by atoms with E-state index in [9.17, 15) is 19.2 Å². The lowest BCUT2D eigenvalue weighted by Crippen LogP contribution is -2.47. The molecular formula is C15H22N2O6S. The first-order valence-corrected chi connectivity index (χ1v) is 8.35. The number of carbonyl (C=O) groups is 3. The van der Waals surface area contributed by atoms with Gasteiger partial charge in [-0.15, -0.1) is 0 Å². The molecule has 0 unspecified atom stereocenters. The van der Waals surface area contributed by atoms with Gasteiger partial charge in [-0.25, -0.2) is 4.79 Å². The highest BCUT2D eigenvalue weighted by Gasteiger charge is 2.27. The number of amides is 1. The Hall–Kier alpha value is -2.16. The molecule has 0 aromatic carbocycles. The summed E-state index contributed by atoms with van der Waals surface area (Å²) >= 11 is 0.986. The van der Waals surface area contributed by atoms with Gasteiger partial charge in [-0.2, -0.15) is 0 Å². The van der Waals surface area contributed by atoms with Gasteiger partial charge in [-0.05, 0) is 12.8 Å². The summed E-state index contributed by atoms with van der Waals surface area (Å²) in [5, 5.41) is 4.13. The number of rotatable bonds is 8. The SMILES string of the molecule is CC[C@@H](C)[C@H](NC(=O)COC(=O)Cn1c(C)csc1=O)C(=O)OC. The van der Waals surface area contributed by atoms with Crippen LogP contribution in [-0.4, -0.2) is 42.2 Å². The fraction of sp³-hybridized carbons (Fsp3) is 0.600. The van der Waals surface area contributed by atoms with Gasteiger partial charge in [-0.3, -0.25) is 19.0 Å². The van der Waals surface area contributed by atoms with Crippen LogP contribution in [0.4, 0.5) is 0 Å². The molecule has 0 aliphatic rings. The number of ether oxygens (including phenoxy) is 2. The van der Waals surface area contributed by atoms with Gasteiger partial charge in [0, 0.05) is 11.1 Å². The lowest BCUT2D eigenvalue weighted by Gasteiger charge is -2.21. The minimum absolute atomic E-state index is 0.121. The highest BCUT2D eigenvalue weighted by atomic mass is 32.1. The zero-order valence-electron chi connectivity index (χ0n) is 14.2. The summed E-state index contributed by atoms with van der Waals surface area (Å²) in [6.45, 7) is 4.60. The van der Waals surface area contributed by atoms with E-state index in [-0.39, 0.29) is 17.3 Å². The van der Waals surface area contributed by atoms with E-state index in [0.717, 1.165) is 11.3 Å². The number of methoxy groups -OCH3 is 1. The molecular weight excluding hydrogens is 336 g/mol. The van der Waals surface area contributed by atoms with Crippen LogP contribution >= 0.6 is 11.3 Å². The van der Waals surface area contributed by atoms with Gasteiger partial charge < -0.3 is 14.8 Å². The molecule has 0 saturated heterocycles. The number of aryl methyl sites for hydroxylation is 1. The Kier molecular flexibility index (Phi) is 7.63. The summed E-state index contributed by atoms with van der Waals surface area (Å²) < 4.78 is 10.8. The van der Waals surface area contributed by atoms with Crippen molar-refractivity contribution in [3.05, 3.63) is 20.7 Å². The molecule has 1 N–H and O–H groups in total. The number of carbonyl (C=O) groups excluding carboxylic acids is 3. The second-order valence-electron chi connectivity index (χ2n) is 5.34. The predicted octanol–water partition coefficient (Wildman–Crippen LogP) is 0.465. The number of thiazole rings is 1. The van der Waals surface area contributed by atoms with Gasteiger partial charge >= 0.3 is 16.8 Å². The quantitative estimate of drug-likeness (QED) is 0.677. The van der Waals surface area contributed by atoms with Crippen LogP contribution in [0.25, 0.3) is 0 Å². The number of nitrogens with one attached hydrogen (secondary N) is 1. The second-order valence-corrected chi connectivity index (χ2v) is 6.16. The minimum Gasteiger partial charge on any atom is -0.467 e. The number of aromatic nitrogens is 1. The molecule has 0 saturated carbocycles. The average Bonchev–Trinajstić information content (AvgIpc) is 2.88. The number of hydrogen-bond acceptors (Lipinski definition) is 7. The Morgan fingerprint density at radius 2 is 2.04 bits per heavy atom. The van der Waals surface area contributed by atoms with Crippen molar-refractivity contribution in [1.82, 2.24) is 9.88 Å². The van der Waals surface area contributed by atoms with Gasteiger partial charge in [0.25, 0.3) is 5.91 Å². The Balaban J connectivity index is 2.54. The van der Waals surface area contributed by atoms with E-state index in [1.165, 1.54) is 11.7 Å². The molecule has 0 fully saturated rings. The molecule has 0 bridgehead atoms. The van der Waals surface area contributed by atoms with Crippen molar-refractivity contribution in [2.24, 2.45) is 5.92 Å². The van der Waals surface area contributed by atoms with Crippen LogP contribution < -0.4 is 10.2 Å². The molecule has 1 heterocycles. The van der Waals surface area contributed by atoms with Crippen LogP contribution in [0.3, 0.4) is 0 Å². The van der Waals surface area contributed by atoms with Crippen LogP contribution in [-0.2, 0) is 30.4 Å². The lowest BCUT2D eigenvalue weighted by atomic mass is 9.99. The third-order valence-electron chi connectivity index (χ3n) is 3.61. The number of hydrogen-bond donors (Lipinski definition) is 1. The van der Waals surface area contributed by atoms with Gasteiger partial charge in [0.1, 0.15) is 12.6 Å². The van der Waals surface area contributed by atoms with Crippen molar-refractivity contribution >= 4 is 29.2 Å². The fourth-order valence-electron chi connectivity index (χ4n) is 1.93. The van der Waals surface area contributed by atoms with Crippen LogP contribution in [0.5, 0.6) is 0 Å². The number of nitrogens with zero attached hydrogens (tertiary/aromatic N) is 1. The van der Waals surface area contributed by atoms with Crippen LogP contribution in [0.1, 0.15) is 26.0 Å². The maximum absolute atomic E-state index is 11.9. The van der Waals surface area contributed by atoms with E-state index in [2.05, 4.69) is 10.1 Å². The molecule has 0 aliphatic carbocycles. The maximum atomic E-state index is 11.9. The van der Waals surface area contributed by atoms with E-state index < -0.39 is 30.5 Å². The molecule has 1 aromatic heterocycles. The molecule has 1 rings (SSSR count). The second kappa shape index (κ2) is 9.21. The molecule has 134 valence electrons. The molecule has 1 aromatic rings. The largest absolute Gasteiger partial charge is 0.467 e. The van der Waals surface area contributed by atoms with Crippen LogP contribution in [0.15, 0.2) is 10.2 Å². The number of esters is 2. The molecule has 0 spiro atoms. The summed E-state index contributed by atoms with van der Waals surface area (Å²) in [7, 11) is 1.24. The van der Waals surface area contributed by atoms with Crippen LogP contribution in [0, 0.1) is 12.8 Å². The molecule has 2 atom stereocenters. The van der Waals surface area contributed by atoms with E-state index in [4.69, 9.17) is 4.74 Å². The first-order valence-electron chi connectivity index (χ1n) is 7.47. The normalized spacial score (nSPS) is 13.0. The molecule has 1 amide bonds. The van der Waals surface area contributed by atoms with E-state index in [1.54, 1.807) is 19.2 Å². The Bertz CT molecular complexity index is 651. The van der Waals surface area contributed by atoms with Crippen molar-refractivity contribution in [2.75, 3.05) is 13.7 Å². The Morgan fingerprint density at radius 1 is 1.38 bits per heavy atom. The molecule has 24 heavy (non-hydrogen) atoms. The Morgan fingerprint density at radius 3 is 2.54 bits per heavy atom. The first kappa shape index (κ1) is 19.9. The monoisotopic (exact) mass is 358 g/mol. The van der Waals surface area contributed by atoms with E-state index >= 15 is 0 Å². The van der Waals surface area contributed by atoms with Crippen molar-refractivity contribution in [2.45, 2.75) is 39.8 Å². The highest BCUT2D eigenvalue weighted by Crippen LogP contribution is 2.09. The third-order valence-corrected chi connectivity index (χ3v) is 4.49. The third kappa shape index (κ3) is 5.48. The summed E-state index contributed by atoms with van der Waals surface area (Å²) in [5.74, 6) is -1.98. The standard InChI is InChI=1S/C15H22N2O6S/c1-5-9(2)13(14(20)22-4)16-11(18)7-23-12(19)6-17-10(3)8-24-15(17)21/h8-9,13H,5-7H2,1-4H3,(H,16,18)/t9-,13+/m1/s1. The average molecular weight is 358 g/mol. The zero-order chi connectivity index (χ0) is 18.3. The van der Waals surface area contributed by atoms with Gasteiger partial charge in [0.05, 0.1) is 7.11 Å². The van der Waals surface area contributed by atoms with Crippen molar-refractivity contribution in [1.29, 1.82) is 0 Å². The summed E-state index contributed by atoms with van der Waals surface area (Å²) in [6, 6.07) is -0.798. The molecule has 0 aliphatic heterocycles. The first-order chi connectivity index (χ1) is 11.3.